The summed E-state index contributed by atoms with van der Waals surface area (Å²) in [5.41, 5.74) is 0.686. The fourth-order valence-corrected chi connectivity index (χ4v) is 1.96. The van der Waals surface area contributed by atoms with E-state index in [0.717, 1.165) is 12.8 Å². The second-order valence-corrected chi connectivity index (χ2v) is 5.37. The van der Waals surface area contributed by atoms with Gasteiger partial charge in [0.2, 0.25) is 5.91 Å². The van der Waals surface area contributed by atoms with Crippen LogP contribution in [0.3, 0.4) is 0 Å². The van der Waals surface area contributed by atoms with Crippen LogP contribution in [0.4, 0.5) is 0 Å². The zero-order valence-corrected chi connectivity index (χ0v) is 11.6. The summed E-state index contributed by atoms with van der Waals surface area (Å²) in [5.74, 6) is 0.0400. The first-order valence-electron chi connectivity index (χ1n) is 5.83. The Labute approximate surface area is 116 Å². The van der Waals surface area contributed by atoms with Gasteiger partial charge in [0.15, 0.2) is 0 Å². The van der Waals surface area contributed by atoms with E-state index in [9.17, 15) is 4.79 Å². The molecule has 1 saturated carbocycles. The molecule has 6 heteroatoms. The lowest BCUT2D eigenvalue weighted by Gasteiger charge is -2.16. The molecule has 1 heterocycles. The summed E-state index contributed by atoms with van der Waals surface area (Å²) in [6.45, 7) is 0.832. The Kier molecular flexibility index (Phi) is 4.43. The summed E-state index contributed by atoms with van der Waals surface area (Å²) in [4.78, 5) is 17.6. The smallest absolute Gasteiger partial charge is 0.234 e. The zero-order valence-electron chi connectivity index (χ0n) is 10.1. The van der Waals surface area contributed by atoms with Crippen molar-refractivity contribution in [3.8, 4) is 0 Å². The number of rotatable bonds is 5. The number of nitrogens with one attached hydrogen (secondary N) is 1. The third-order valence-electron chi connectivity index (χ3n) is 2.66. The first-order chi connectivity index (χ1) is 8.54. The first-order valence-corrected chi connectivity index (χ1v) is 6.59. The molecule has 1 aromatic heterocycles. The number of aromatic nitrogens is 1. The van der Waals surface area contributed by atoms with Crippen molar-refractivity contribution >= 4 is 29.1 Å². The van der Waals surface area contributed by atoms with Crippen molar-refractivity contribution < 1.29 is 4.79 Å². The van der Waals surface area contributed by atoms with Crippen molar-refractivity contribution in [1.29, 1.82) is 0 Å². The molecule has 0 saturated heterocycles. The first kappa shape index (κ1) is 13.6. The van der Waals surface area contributed by atoms with Crippen LogP contribution in [0.5, 0.6) is 0 Å². The minimum Gasteiger partial charge on any atom is -0.352 e. The summed E-state index contributed by atoms with van der Waals surface area (Å²) in [5, 5.41) is 3.91. The number of nitrogens with zero attached hydrogens (tertiary/aromatic N) is 2. The molecular weight excluding hydrogens is 273 g/mol. The fraction of sp³-hybridized carbons (Fsp3) is 0.500. The van der Waals surface area contributed by atoms with Gasteiger partial charge in [0.25, 0.3) is 0 Å². The summed E-state index contributed by atoms with van der Waals surface area (Å²) in [6, 6.07) is 3.75. The molecule has 1 aliphatic rings. The molecule has 1 fully saturated rings. The predicted molar refractivity (Wildman–Crippen MR) is 71.8 cm³/mol. The lowest BCUT2D eigenvalue weighted by atomic mass is 10.3. The maximum atomic E-state index is 11.6. The largest absolute Gasteiger partial charge is 0.352 e. The molecule has 0 unspecified atom stereocenters. The van der Waals surface area contributed by atoms with Crippen LogP contribution >= 0.6 is 23.2 Å². The average Bonchev–Trinajstić information content (AvgIpc) is 3.07. The lowest BCUT2D eigenvalue weighted by Crippen LogP contribution is -2.36. The van der Waals surface area contributed by atoms with E-state index in [2.05, 4.69) is 10.3 Å². The van der Waals surface area contributed by atoms with Gasteiger partial charge in [0.05, 0.1) is 17.3 Å². The Balaban J connectivity index is 1.87. The Hall–Kier alpha value is -0.840. The zero-order chi connectivity index (χ0) is 13.1. The summed E-state index contributed by atoms with van der Waals surface area (Å²) in [6.07, 6.45) is 2.19. The van der Waals surface area contributed by atoms with Crippen molar-refractivity contribution in [2.45, 2.75) is 25.4 Å². The number of carbonyl (C=O) groups is 1. The van der Waals surface area contributed by atoms with Crippen LogP contribution in [0.25, 0.3) is 0 Å². The maximum Gasteiger partial charge on any atom is 0.234 e. The van der Waals surface area contributed by atoms with Crippen LogP contribution in [0.2, 0.25) is 10.2 Å². The summed E-state index contributed by atoms with van der Waals surface area (Å²) in [7, 11) is 1.85. The normalized spacial score (nSPS) is 14.9. The highest BCUT2D eigenvalue weighted by atomic mass is 35.5. The van der Waals surface area contributed by atoms with E-state index in [1.807, 2.05) is 11.9 Å². The van der Waals surface area contributed by atoms with Gasteiger partial charge in [-0.25, -0.2) is 4.98 Å². The number of pyridine rings is 1. The van der Waals surface area contributed by atoms with Crippen LogP contribution in [0.1, 0.15) is 18.5 Å². The monoisotopic (exact) mass is 287 g/mol. The molecule has 0 aliphatic heterocycles. The van der Waals surface area contributed by atoms with Crippen molar-refractivity contribution in [1.82, 2.24) is 15.2 Å². The van der Waals surface area contributed by atoms with Crippen LogP contribution in [0, 0.1) is 0 Å². The van der Waals surface area contributed by atoms with Gasteiger partial charge in [-0.2, -0.15) is 0 Å². The number of amides is 1. The Bertz CT molecular complexity index is 449. The third kappa shape index (κ3) is 4.12. The SMILES string of the molecule is CN(CC(=O)NC1CC1)Cc1nc(Cl)ccc1Cl. The second kappa shape index (κ2) is 5.87. The molecule has 4 nitrogen and oxygen atoms in total. The fourth-order valence-electron chi connectivity index (χ4n) is 1.63. The molecule has 0 radical (unpaired) electrons. The minimum atomic E-state index is 0.0400. The maximum absolute atomic E-state index is 11.6. The van der Waals surface area contributed by atoms with Gasteiger partial charge >= 0.3 is 0 Å². The number of hydrogen-bond acceptors (Lipinski definition) is 3. The van der Waals surface area contributed by atoms with Crippen LogP contribution < -0.4 is 5.32 Å². The summed E-state index contributed by atoms with van der Waals surface area (Å²) >= 11 is 11.8. The molecule has 0 spiro atoms. The van der Waals surface area contributed by atoms with Crippen molar-refractivity contribution in [2.75, 3.05) is 13.6 Å². The van der Waals surface area contributed by atoms with Gasteiger partial charge in [-0.15, -0.1) is 0 Å². The van der Waals surface area contributed by atoms with Crippen molar-refractivity contribution in [2.24, 2.45) is 0 Å². The summed E-state index contributed by atoms with van der Waals surface area (Å²) < 4.78 is 0. The molecule has 0 aromatic carbocycles. The molecule has 1 amide bonds. The van der Waals surface area contributed by atoms with E-state index >= 15 is 0 Å². The molecule has 1 aliphatic carbocycles. The van der Waals surface area contributed by atoms with Gasteiger partial charge < -0.3 is 5.32 Å². The highest BCUT2D eigenvalue weighted by molar-refractivity contribution is 6.32. The average molecular weight is 288 g/mol. The molecule has 2 rings (SSSR count). The molecule has 0 atom stereocenters. The van der Waals surface area contributed by atoms with Crippen LogP contribution in [-0.2, 0) is 11.3 Å². The molecule has 18 heavy (non-hydrogen) atoms. The third-order valence-corrected chi connectivity index (χ3v) is 3.21. The van der Waals surface area contributed by atoms with Gasteiger partial charge in [0, 0.05) is 12.6 Å². The second-order valence-electron chi connectivity index (χ2n) is 4.58. The van der Waals surface area contributed by atoms with Crippen molar-refractivity contribution in [3.05, 3.63) is 28.0 Å². The van der Waals surface area contributed by atoms with Gasteiger partial charge in [-0.05, 0) is 32.0 Å². The standard InChI is InChI=1S/C12H15Cl2N3O/c1-17(7-12(18)15-8-2-3-8)6-10-9(13)4-5-11(14)16-10/h4-5,8H,2-3,6-7H2,1H3,(H,15,18). The Morgan fingerprint density at radius 3 is 2.89 bits per heavy atom. The Morgan fingerprint density at radius 2 is 2.22 bits per heavy atom. The van der Waals surface area contributed by atoms with Gasteiger partial charge in [0.1, 0.15) is 5.15 Å². The highest BCUT2D eigenvalue weighted by Gasteiger charge is 2.23. The molecule has 0 bridgehead atoms. The van der Waals surface area contributed by atoms with Crippen molar-refractivity contribution in [3.63, 3.8) is 0 Å². The topological polar surface area (TPSA) is 45.2 Å². The lowest BCUT2D eigenvalue weighted by molar-refractivity contribution is -0.122. The van der Waals surface area contributed by atoms with E-state index in [-0.39, 0.29) is 5.91 Å². The number of halogens is 2. The van der Waals surface area contributed by atoms with E-state index in [0.29, 0.717) is 35.0 Å². The number of hydrogen-bond donors (Lipinski definition) is 1. The van der Waals surface area contributed by atoms with Crippen LogP contribution in [0.15, 0.2) is 12.1 Å². The molecular formula is C12H15Cl2N3O. The van der Waals surface area contributed by atoms with E-state index in [1.54, 1.807) is 12.1 Å². The van der Waals surface area contributed by atoms with Gasteiger partial charge in [-0.1, -0.05) is 23.2 Å². The van der Waals surface area contributed by atoms with E-state index in [4.69, 9.17) is 23.2 Å². The number of carbonyl (C=O) groups excluding carboxylic acids is 1. The van der Waals surface area contributed by atoms with E-state index < -0.39 is 0 Å². The number of likely N-dealkylation sites (N-methyl/N-ethyl adjacent to an activating group) is 1. The van der Waals surface area contributed by atoms with Gasteiger partial charge in [-0.3, -0.25) is 9.69 Å². The van der Waals surface area contributed by atoms with Crippen LogP contribution in [-0.4, -0.2) is 35.4 Å². The molecule has 98 valence electrons. The predicted octanol–water partition coefficient (Wildman–Crippen LogP) is 2.10. The quantitative estimate of drug-likeness (QED) is 0.844. The highest BCUT2D eigenvalue weighted by Crippen LogP contribution is 2.19. The Morgan fingerprint density at radius 1 is 1.50 bits per heavy atom. The van der Waals surface area contributed by atoms with E-state index in [1.165, 1.54) is 0 Å². The molecule has 1 N–H and O–H groups in total. The minimum absolute atomic E-state index is 0.0400. The molecule has 1 aromatic rings.